The van der Waals surface area contributed by atoms with Gasteiger partial charge in [-0.1, -0.05) is 23.9 Å². The number of thioether (sulfide) groups is 1. The van der Waals surface area contributed by atoms with Crippen LogP contribution in [0.5, 0.6) is 5.88 Å². The molecule has 15 heteroatoms. The van der Waals surface area contributed by atoms with Crippen molar-refractivity contribution in [3.63, 3.8) is 0 Å². The Labute approximate surface area is 181 Å². The summed E-state index contributed by atoms with van der Waals surface area (Å²) in [6, 6.07) is 6.06. The van der Waals surface area contributed by atoms with E-state index in [0.29, 0.717) is 0 Å². The number of aromatic nitrogens is 4. The topological polar surface area (TPSA) is 94.9 Å². The Morgan fingerprint density at radius 2 is 1.72 bits per heavy atom. The van der Waals surface area contributed by atoms with E-state index in [9.17, 15) is 34.8 Å². The van der Waals surface area contributed by atoms with E-state index < -0.39 is 33.2 Å². The molecule has 2 heterocycles. The number of hydrogen-bond donors (Lipinski definition) is 0. The zero-order valence-corrected chi connectivity index (χ0v) is 17.3. The molecule has 0 radical (unpaired) electrons. The minimum absolute atomic E-state index is 0.0425. The van der Waals surface area contributed by atoms with Gasteiger partial charge in [0.05, 0.1) is 11.3 Å². The summed E-state index contributed by atoms with van der Waals surface area (Å²) in [4.78, 5) is 8.08. The molecule has 2 aromatic heterocycles. The van der Waals surface area contributed by atoms with Gasteiger partial charge in [0.1, 0.15) is 5.69 Å². The van der Waals surface area contributed by atoms with Crippen molar-refractivity contribution in [2.75, 3.05) is 6.26 Å². The summed E-state index contributed by atoms with van der Waals surface area (Å²) >= 11 is 1.12. The first-order valence-corrected chi connectivity index (χ1v) is 10.9. The van der Waals surface area contributed by atoms with E-state index in [1.54, 1.807) is 6.26 Å². The van der Waals surface area contributed by atoms with Crippen molar-refractivity contribution in [1.82, 2.24) is 20.2 Å². The SMILES string of the molecule is CSc1nccc(-c2cc(OS(=O)(=O)C(F)(F)F)nnc2-c2cccc(C(F)(F)F)c2)n1. The first kappa shape index (κ1) is 23.7. The molecule has 0 N–H and O–H groups in total. The van der Waals surface area contributed by atoms with Gasteiger partial charge >= 0.3 is 21.8 Å². The van der Waals surface area contributed by atoms with Gasteiger partial charge in [-0.25, -0.2) is 9.97 Å². The molecule has 0 aliphatic rings. The molecule has 0 aliphatic carbocycles. The number of nitrogens with zero attached hydrogens (tertiary/aromatic N) is 4. The number of benzene rings is 1. The molecular formula is C17H10F6N4O3S2. The average Bonchev–Trinajstić information content (AvgIpc) is 2.72. The lowest BCUT2D eigenvalue weighted by Crippen LogP contribution is -2.28. The van der Waals surface area contributed by atoms with Gasteiger partial charge in [0, 0.05) is 23.4 Å². The Kier molecular flexibility index (Phi) is 6.33. The first-order valence-electron chi connectivity index (χ1n) is 8.25. The molecule has 0 aliphatic heterocycles. The molecular weight excluding hydrogens is 486 g/mol. The molecule has 170 valence electrons. The van der Waals surface area contributed by atoms with Crippen LogP contribution in [-0.4, -0.2) is 40.3 Å². The van der Waals surface area contributed by atoms with Crippen molar-refractivity contribution in [2.24, 2.45) is 0 Å². The summed E-state index contributed by atoms with van der Waals surface area (Å²) in [7, 11) is -6.05. The molecule has 3 aromatic rings. The minimum atomic E-state index is -6.05. The fraction of sp³-hybridized carbons (Fsp3) is 0.176. The molecule has 0 saturated heterocycles. The van der Waals surface area contributed by atoms with Crippen molar-refractivity contribution in [3.05, 3.63) is 48.2 Å². The van der Waals surface area contributed by atoms with Crippen molar-refractivity contribution >= 4 is 21.9 Å². The van der Waals surface area contributed by atoms with E-state index in [4.69, 9.17) is 0 Å². The standard InChI is InChI=1S/C17H10F6N4O3S2/c1-31-15-24-6-5-12(25-15)11-8-13(30-32(28,29)17(21,22)23)26-27-14(11)9-3-2-4-10(7-9)16(18,19)20/h2-8H,1H3. The van der Waals surface area contributed by atoms with Crippen LogP contribution in [-0.2, 0) is 16.3 Å². The third kappa shape index (κ3) is 5.09. The first-order chi connectivity index (χ1) is 14.8. The van der Waals surface area contributed by atoms with Crippen molar-refractivity contribution in [3.8, 4) is 28.4 Å². The van der Waals surface area contributed by atoms with Gasteiger partial charge in [-0.05, 0) is 24.5 Å². The highest BCUT2D eigenvalue weighted by molar-refractivity contribution is 7.98. The van der Waals surface area contributed by atoms with Crippen LogP contribution in [0.1, 0.15) is 5.56 Å². The maximum Gasteiger partial charge on any atom is 0.534 e. The zero-order chi connectivity index (χ0) is 23.7. The Morgan fingerprint density at radius 1 is 1.00 bits per heavy atom. The minimum Gasteiger partial charge on any atom is -0.354 e. The number of halogens is 6. The lowest BCUT2D eigenvalue weighted by atomic mass is 10.0. The second-order valence-corrected chi connectivity index (χ2v) is 8.25. The molecule has 7 nitrogen and oxygen atoms in total. The second-order valence-electron chi connectivity index (χ2n) is 5.94. The lowest BCUT2D eigenvalue weighted by Gasteiger charge is -2.13. The van der Waals surface area contributed by atoms with E-state index in [0.717, 1.165) is 36.0 Å². The van der Waals surface area contributed by atoms with Gasteiger partial charge < -0.3 is 4.18 Å². The van der Waals surface area contributed by atoms with Crippen LogP contribution in [0.15, 0.2) is 47.8 Å². The van der Waals surface area contributed by atoms with Crippen LogP contribution in [0, 0.1) is 0 Å². The van der Waals surface area contributed by atoms with Crippen LogP contribution in [0.4, 0.5) is 26.3 Å². The van der Waals surface area contributed by atoms with Gasteiger partial charge in [-0.3, -0.25) is 0 Å². The number of alkyl halides is 6. The van der Waals surface area contributed by atoms with E-state index in [1.165, 1.54) is 18.3 Å². The lowest BCUT2D eigenvalue weighted by molar-refractivity contribution is -0.137. The summed E-state index contributed by atoms with van der Waals surface area (Å²) in [6.07, 6.45) is -1.73. The van der Waals surface area contributed by atoms with Crippen molar-refractivity contribution in [2.45, 2.75) is 16.8 Å². The fourth-order valence-corrected chi connectivity index (χ4v) is 3.17. The quantitative estimate of drug-likeness (QED) is 0.167. The highest BCUT2D eigenvalue weighted by atomic mass is 32.2. The third-order valence-corrected chi connectivity index (χ3v) is 5.32. The van der Waals surface area contributed by atoms with Crippen LogP contribution in [0.2, 0.25) is 0 Å². The summed E-state index contributed by atoms with van der Waals surface area (Å²) in [5, 5.41) is 7.16. The third-order valence-electron chi connectivity index (χ3n) is 3.81. The van der Waals surface area contributed by atoms with Crippen LogP contribution in [0.3, 0.4) is 0 Å². The highest BCUT2D eigenvalue weighted by Crippen LogP contribution is 2.36. The van der Waals surface area contributed by atoms with Gasteiger partial charge in [0.15, 0.2) is 5.16 Å². The largest absolute Gasteiger partial charge is 0.534 e. The monoisotopic (exact) mass is 496 g/mol. The molecule has 0 unspecified atom stereocenters. The molecule has 0 atom stereocenters. The van der Waals surface area contributed by atoms with Crippen LogP contribution >= 0.6 is 11.8 Å². The van der Waals surface area contributed by atoms with Crippen LogP contribution < -0.4 is 4.18 Å². The van der Waals surface area contributed by atoms with E-state index in [1.807, 2.05) is 0 Å². The molecule has 0 amide bonds. The fourth-order valence-electron chi connectivity index (χ4n) is 2.41. The van der Waals surface area contributed by atoms with E-state index in [-0.39, 0.29) is 27.7 Å². The molecule has 3 rings (SSSR count). The summed E-state index contributed by atoms with van der Waals surface area (Å²) < 4.78 is 104. The Bertz CT molecular complexity index is 1250. The van der Waals surface area contributed by atoms with Crippen molar-refractivity contribution in [1.29, 1.82) is 0 Å². The number of rotatable bonds is 5. The molecule has 1 aromatic carbocycles. The Balaban J connectivity index is 2.20. The Hall–Kier alpha value is -2.94. The maximum atomic E-state index is 13.1. The predicted octanol–water partition coefficient (Wildman–Crippen LogP) is 4.57. The second kappa shape index (κ2) is 8.54. The Morgan fingerprint density at radius 3 is 2.34 bits per heavy atom. The van der Waals surface area contributed by atoms with Gasteiger partial charge in [-0.15, -0.1) is 10.2 Å². The summed E-state index contributed by atoms with van der Waals surface area (Å²) in [5.41, 5.74) is -7.09. The van der Waals surface area contributed by atoms with Crippen molar-refractivity contribution < 1.29 is 38.9 Å². The van der Waals surface area contributed by atoms with E-state index in [2.05, 4.69) is 24.3 Å². The van der Waals surface area contributed by atoms with Crippen LogP contribution in [0.25, 0.3) is 22.5 Å². The smallest absolute Gasteiger partial charge is 0.354 e. The number of hydrogen-bond acceptors (Lipinski definition) is 8. The molecule has 0 fully saturated rings. The summed E-state index contributed by atoms with van der Waals surface area (Å²) in [6.45, 7) is 0. The predicted molar refractivity (Wildman–Crippen MR) is 101 cm³/mol. The normalized spacial score (nSPS) is 12.6. The average molecular weight is 496 g/mol. The zero-order valence-electron chi connectivity index (χ0n) is 15.6. The van der Waals surface area contributed by atoms with Gasteiger partial charge in [0.25, 0.3) is 5.88 Å². The molecule has 0 spiro atoms. The molecule has 32 heavy (non-hydrogen) atoms. The molecule has 0 saturated carbocycles. The maximum absolute atomic E-state index is 13.1. The van der Waals surface area contributed by atoms with Gasteiger partial charge in [-0.2, -0.15) is 34.8 Å². The van der Waals surface area contributed by atoms with E-state index >= 15 is 0 Å². The van der Waals surface area contributed by atoms with Gasteiger partial charge in [0.2, 0.25) is 0 Å². The summed E-state index contributed by atoms with van der Waals surface area (Å²) in [5.74, 6) is -1.04. The highest BCUT2D eigenvalue weighted by Gasteiger charge is 2.49. The molecule has 0 bridgehead atoms.